The minimum atomic E-state index is 0.531. The summed E-state index contributed by atoms with van der Waals surface area (Å²) in [4.78, 5) is 0. The lowest BCUT2D eigenvalue weighted by Crippen LogP contribution is -2.00. The van der Waals surface area contributed by atoms with E-state index in [1.165, 1.54) is 55.2 Å². The summed E-state index contributed by atoms with van der Waals surface area (Å²) >= 11 is 0. The molecule has 0 bridgehead atoms. The molecule has 0 aliphatic heterocycles. The van der Waals surface area contributed by atoms with E-state index in [1.54, 1.807) is 0 Å². The van der Waals surface area contributed by atoms with Crippen molar-refractivity contribution in [2.75, 3.05) is 0 Å². The van der Waals surface area contributed by atoms with Crippen LogP contribution in [0.5, 0.6) is 0 Å². The van der Waals surface area contributed by atoms with Gasteiger partial charge in [-0.3, -0.25) is 0 Å². The van der Waals surface area contributed by atoms with Gasteiger partial charge in [0.1, 0.15) is 0 Å². The van der Waals surface area contributed by atoms with Crippen LogP contribution in [-0.2, 0) is 6.42 Å². The summed E-state index contributed by atoms with van der Waals surface area (Å²) in [5, 5.41) is 0. The average Bonchev–Trinajstić information content (AvgIpc) is 2.59. The number of hydrogen-bond donors (Lipinski definition) is 0. The first-order valence-corrected chi connectivity index (χ1v) is 9.47. The summed E-state index contributed by atoms with van der Waals surface area (Å²) in [6.07, 6.45) is 13.0. The Morgan fingerprint density at radius 3 is 2.04 bits per heavy atom. The number of benzene rings is 1. The molecule has 23 heavy (non-hydrogen) atoms. The van der Waals surface area contributed by atoms with Gasteiger partial charge < -0.3 is 0 Å². The molecule has 0 N–H and O–H groups in total. The Bertz CT molecular complexity index is 412. The van der Waals surface area contributed by atoms with Crippen LogP contribution < -0.4 is 0 Å². The van der Waals surface area contributed by atoms with E-state index in [9.17, 15) is 0 Å². The maximum Gasteiger partial charge on any atom is -0.00669 e. The molecule has 1 atom stereocenters. The molecule has 0 aromatic heterocycles. The van der Waals surface area contributed by atoms with E-state index >= 15 is 0 Å². The Hall–Kier alpha value is -1.30. The predicted molar refractivity (Wildman–Crippen MR) is 107 cm³/mol. The molecule has 1 aliphatic carbocycles. The molecule has 0 radical (unpaired) electrons. The fourth-order valence-electron chi connectivity index (χ4n) is 2.74. The van der Waals surface area contributed by atoms with Crippen LogP contribution in [0.15, 0.2) is 49.1 Å². The van der Waals surface area contributed by atoms with Crippen molar-refractivity contribution in [3.63, 3.8) is 0 Å². The fourth-order valence-corrected chi connectivity index (χ4v) is 2.74. The Labute approximate surface area is 145 Å². The number of rotatable bonds is 5. The highest BCUT2D eigenvalue weighted by Gasteiger charge is 2.05. The van der Waals surface area contributed by atoms with Gasteiger partial charge in [0.05, 0.1) is 0 Å². The van der Waals surface area contributed by atoms with Gasteiger partial charge in [-0.1, -0.05) is 107 Å². The van der Waals surface area contributed by atoms with Crippen LogP contribution in [-0.4, -0.2) is 0 Å². The molecule has 0 heteroatoms. The van der Waals surface area contributed by atoms with Crippen LogP contribution in [0.4, 0.5) is 0 Å². The molecule has 0 nitrogen and oxygen atoms in total. The maximum absolute atomic E-state index is 4.15. The highest BCUT2D eigenvalue weighted by Crippen LogP contribution is 2.18. The van der Waals surface area contributed by atoms with E-state index in [2.05, 4.69) is 51.3 Å². The Kier molecular flexibility index (Phi) is 13.5. The Morgan fingerprint density at radius 1 is 1.09 bits per heavy atom. The molecule has 0 amide bonds. The standard InChI is InChI=1S/C15H20.C6H12.C2H6/c1-5-7-13(3)14(4)11-15-9-6-8-12(2)10-15;1-2-4-6-5-3-1;1-2/h5-6,8-10,13H,1,4,7,11H2,2-3H3;1-6H2;1-2H3. The van der Waals surface area contributed by atoms with Gasteiger partial charge in [0.25, 0.3) is 0 Å². The first-order valence-electron chi connectivity index (χ1n) is 9.47. The van der Waals surface area contributed by atoms with Gasteiger partial charge in [-0.15, -0.1) is 6.58 Å². The van der Waals surface area contributed by atoms with Gasteiger partial charge in [-0.2, -0.15) is 0 Å². The Balaban J connectivity index is 0.000000501. The summed E-state index contributed by atoms with van der Waals surface area (Å²) in [6.45, 7) is 16.2. The molecule has 1 aromatic carbocycles. The van der Waals surface area contributed by atoms with Crippen molar-refractivity contribution < 1.29 is 0 Å². The molecule has 0 spiro atoms. The monoisotopic (exact) mass is 314 g/mol. The van der Waals surface area contributed by atoms with E-state index in [4.69, 9.17) is 0 Å². The maximum atomic E-state index is 4.15. The van der Waals surface area contributed by atoms with E-state index in [0.29, 0.717) is 5.92 Å². The van der Waals surface area contributed by atoms with Gasteiger partial charge in [-0.25, -0.2) is 0 Å². The molecular weight excluding hydrogens is 276 g/mol. The molecule has 1 fully saturated rings. The third kappa shape index (κ3) is 11.0. The van der Waals surface area contributed by atoms with Crippen molar-refractivity contribution in [2.24, 2.45) is 5.92 Å². The number of allylic oxidation sites excluding steroid dienone is 2. The normalized spacial score (nSPS) is 14.4. The quantitative estimate of drug-likeness (QED) is 0.489. The van der Waals surface area contributed by atoms with Crippen LogP contribution in [0, 0.1) is 12.8 Å². The van der Waals surface area contributed by atoms with Crippen molar-refractivity contribution in [3.05, 3.63) is 60.2 Å². The van der Waals surface area contributed by atoms with Crippen LogP contribution in [0.25, 0.3) is 0 Å². The van der Waals surface area contributed by atoms with Crippen molar-refractivity contribution in [3.8, 4) is 0 Å². The third-order valence-electron chi connectivity index (χ3n) is 4.23. The van der Waals surface area contributed by atoms with E-state index < -0.39 is 0 Å². The molecule has 130 valence electrons. The highest BCUT2D eigenvalue weighted by atomic mass is 14.1. The van der Waals surface area contributed by atoms with Gasteiger partial charge in [0.2, 0.25) is 0 Å². The van der Waals surface area contributed by atoms with Crippen molar-refractivity contribution >= 4 is 0 Å². The molecule has 1 aromatic rings. The SMILES string of the molecule is C1CCCCC1.C=CCC(C)C(=C)Cc1cccc(C)c1.CC. The number of hydrogen-bond acceptors (Lipinski definition) is 0. The predicted octanol–water partition coefficient (Wildman–Crippen LogP) is 7.67. The van der Waals surface area contributed by atoms with Crippen molar-refractivity contribution in [1.29, 1.82) is 0 Å². The van der Waals surface area contributed by atoms with Crippen molar-refractivity contribution in [1.82, 2.24) is 0 Å². The lowest BCUT2D eigenvalue weighted by Gasteiger charge is -2.13. The summed E-state index contributed by atoms with van der Waals surface area (Å²) in [7, 11) is 0. The first-order chi connectivity index (χ1) is 11.1. The summed E-state index contributed by atoms with van der Waals surface area (Å²) in [6, 6.07) is 8.63. The Morgan fingerprint density at radius 2 is 1.61 bits per heavy atom. The summed E-state index contributed by atoms with van der Waals surface area (Å²) < 4.78 is 0. The topological polar surface area (TPSA) is 0 Å². The van der Waals surface area contributed by atoms with E-state index in [1.807, 2.05) is 19.9 Å². The second-order valence-corrected chi connectivity index (χ2v) is 6.37. The molecule has 0 heterocycles. The van der Waals surface area contributed by atoms with Gasteiger partial charge in [0, 0.05) is 0 Å². The third-order valence-corrected chi connectivity index (χ3v) is 4.23. The highest BCUT2D eigenvalue weighted by molar-refractivity contribution is 5.26. The number of aryl methyl sites for hydroxylation is 1. The lowest BCUT2D eigenvalue weighted by atomic mass is 9.93. The zero-order chi connectivity index (χ0) is 17.5. The largest absolute Gasteiger partial charge is 0.103 e. The van der Waals surface area contributed by atoms with Crippen LogP contribution in [0.1, 0.15) is 76.8 Å². The summed E-state index contributed by atoms with van der Waals surface area (Å²) in [5.41, 5.74) is 3.97. The van der Waals surface area contributed by atoms with E-state index in [-0.39, 0.29) is 0 Å². The molecular formula is C23H38. The minimum absolute atomic E-state index is 0.531. The van der Waals surface area contributed by atoms with Crippen molar-refractivity contribution in [2.45, 2.75) is 79.1 Å². The van der Waals surface area contributed by atoms with Crippen LogP contribution in [0.2, 0.25) is 0 Å². The van der Waals surface area contributed by atoms with Crippen LogP contribution >= 0.6 is 0 Å². The van der Waals surface area contributed by atoms with Gasteiger partial charge in [0.15, 0.2) is 0 Å². The smallest absolute Gasteiger partial charge is 0.00669 e. The molecule has 1 saturated carbocycles. The zero-order valence-electron chi connectivity index (χ0n) is 16.0. The minimum Gasteiger partial charge on any atom is -0.103 e. The van der Waals surface area contributed by atoms with Crippen LogP contribution in [0.3, 0.4) is 0 Å². The van der Waals surface area contributed by atoms with Gasteiger partial charge >= 0.3 is 0 Å². The molecule has 1 aliphatic rings. The van der Waals surface area contributed by atoms with E-state index in [0.717, 1.165) is 12.8 Å². The molecule has 0 saturated heterocycles. The zero-order valence-corrected chi connectivity index (χ0v) is 16.0. The second kappa shape index (κ2) is 14.3. The first kappa shape index (κ1) is 21.7. The lowest BCUT2D eigenvalue weighted by molar-refractivity contribution is 0.504. The van der Waals surface area contributed by atoms with Gasteiger partial charge in [-0.05, 0) is 31.2 Å². The second-order valence-electron chi connectivity index (χ2n) is 6.37. The average molecular weight is 315 g/mol. The fraction of sp³-hybridized carbons (Fsp3) is 0.565. The molecule has 2 rings (SSSR count). The molecule has 1 unspecified atom stereocenters. The summed E-state index contributed by atoms with van der Waals surface area (Å²) in [5.74, 6) is 0.531.